The van der Waals surface area contributed by atoms with Crippen LogP contribution in [0.3, 0.4) is 0 Å². The quantitative estimate of drug-likeness (QED) is 0.255. The second kappa shape index (κ2) is 11.9. The molecule has 0 aliphatic rings. The Bertz CT molecular complexity index is 1550. The minimum absolute atomic E-state index is 0.0964. The van der Waals surface area contributed by atoms with Gasteiger partial charge in [0.2, 0.25) is 0 Å². The molecule has 1 heterocycles. The number of aromatic nitrogens is 1. The van der Waals surface area contributed by atoms with Crippen molar-refractivity contribution in [3.63, 3.8) is 0 Å². The first kappa shape index (κ1) is 24.8. The lowest BCUT2D eigenvalue weighted by molar-refractivity contribution is 0.0984. The van der Waals surface area contributed by atoms with Crippen LogP contribution in [0.2, 0.25) is 0 Å². The highest BCUT2D eigenvalue weighted by Crippen LogP contribution is 2.25. The zero-order valence-corrected chi connectivity index (χ0v) is 20.7. The standard InChI is InChI=1S/C31H27N3O4/c35-30(25-21-24-10-5-7-15-28(24)33-22-25)34(26-12-2-1-3-13-26)18-17-32-31(36)38-20-19-37-29-16-8-11-23-9-4-6-14-27(23)29/h1-16,21-22H,17-20H2,(H,32,36). The molecule has 0 aliphatic carbocycles. The second-order valence-corrected chi connectivity index (χ2v) is 8.60. The van der Waals surface area contributed by atoms with Crippen LogP contribution in [-0.4, -0.2) is 43.3 Å². The average Bonchev–Trinajstić information content (AvgIpc) is 2.97. The molecule has 0 aliphatic heterocycles. The maximum atomic E-state index is 13.4. The molecule has 0 saturated heterocycles. The van der Waals surface area contributed by atoms with E-state index in [0.29, 0.717) is 5.56 Å². The van der Waals surface area contributed by atoms with Crippen LogP contribution in [0, 0.1) is 0 Å². The summed E-state index contributed by atoms with van der Waals surface area (Å²) in [6.07, 6.45) is 1.01. The molecule has 7 heteroatoms. The minimum atomic E-state index is -0.570. The molecule has 0 atom stereocenters. The Morgan fingerprint density at radius 2 is 1.53 bits per heavy atom. The lowest BCUT2D eigenvalue weighted by Crippen LogP contribution is -2.39. The number of anilines is 1. The summed E-state index contributed by atoms with van der Waals surface area (Å²) >= 11 is 0. The average molecular weight is 506 g/mol. The summed E-state index contributed by atoms with van der Waals surface area (Å²) in [5.41, 5.74) is 2.02. The summed E-state index contributed by atoms with van der Waals surface area (Å²) in [7, 11) is 0. The first-order chi connectivity index (χ1) is 18.7. The van der Waals surface area contributed by atoms with Crippen LogP contribution in [0.5, 0.6) is 5.75 Å². The van der Waals surface area contributed by atoms with Crippen LogP contribution in [0.1, 0.15) is 10.4 Å². The number of hydrogen-bond acceptors (Lipinski definition) is 5. The summed E-state index contributed by atoms with van der Waals surface area (Å²) in [5, 5.41) is 5.70. The third kappa shape index (κ3) is 5.90. The van der Waals surface area contributed by atoms with Gasteiger partial charge in [-0.25, -0.2) is 4.79 Å². The van der Waals surface area contributed by atoms with E-state index < -0.39 is 6.09 Å². The van der Waals surface area contributed by atoms with E-state index in [1.807, 2.05) is 103 Å². The fraction of sp³-hybridized carbons (Fsp3) is 0.129. The van der Waals surface area contributed by atoms with Gasteiger partial charge in [0.15, 0.2) is 0 Å². The van der Waals surface area contributed by atoms with Gasteiger partial charge < -0.3 is 19.7 Å². The van der Waals surface area contributed by atoms with E-state index in [9.17, 15) is 9.59 Å². The molecule has 190 valence electrons. The van der Waals surface area contributed by atoms with Crippen LogP contribution >= 0.6 is 0 Å². The van der Waals surface area contributed by atoms with Crippen molar-refractivity contribution < 1.29 is 19.1 Å². The van der Waals surface area contributed by atoms with Crippen molar-refractivity contribution in [1.29, 1.82) is 0 Å². The van der Waals surface area contributed by atoms with E-state index in [1.165, 1.54) is 0 Å². The molecular formula is C31H27N3O4. The van der Waals surface area contributed by atoms with E-state index in [4.69, 9.17) is 9.47 Å². The number of pyridine rings is 1. The number of para-hydroxylation sites is 2. The fourth-order valence-corrected chi connectivity index (χ4v) is 4.23. The first-order valence-electron chi connectivity index (χ1n) is 12.4. The molecule has 7 nitrogen and oxygen atoms in total. The SMILES string of the molecule is O=C(NCCN(C(=O)c1cnc2ccccc2c1)c1ccccc1)OCCOc1cccc2ccccc12. The Hall–Kier alpha value is -4.91. The minimum Gasteiger partial charge on any atom is -0.489 e. The van der Waals surface area contributed by atoms with Gasteiger partial charge in [-0.2, -0.15) is 0 Å². The van der Waals surface area contributed by atoms with E-state index in [0.717, 1.165) is 33.1 Å². The molecule has 0 fully saturated rings. The molecule has 0 bridgehead atoms. The molecule has 0 unspecified atom stereocenters. The number of alkyl carbamates (subject to hydrolysis) is 1. The van der Waals surface area contributed by atoms with Gasteiger partial charge in [-0.3, -0.25) is 9.78 Å². The van der Waals surface area contributed by atoms with Crippen molar-refractivity contribution in [3.05, 3.63) is 115 Å². The van der Waals surface area contributed by atoms with Crippen molar-refractivity contribution in [2.45, 2.75) is 0 Å². The molecule has 2 amide bonds. The van der Waals surface area contributed by atoms with E-state index in [2.05, 4.69) is 10.3 Å². The van der Waals surface area contributed by atoms with Gasteiger partial charge in [-0.05, 0) is 35.7 Å². The lowest BCUT2D eigenvalue weighted by atomic mass is 10.1. The number of fused-ring (bicyclic) bond motifs is 2. The molecule has 38 heavy (non-hydrogen) atoms. The van der Waals surface area contributed by atoms with E-state index in [1.54, 1.807) is 11.1 Å². The number of amides is 2. The molecule has 4 aromatic carbocycles. The summed E-state index contributed by atoms with van der Waals surface area (Å²) < 4.78 is 11.1. The Labute approximate surface area is 220 Å². The highest BCUT2D eigenvalue weighted by Gasteiger charge is 2.19. The number of carbonyl (C=O) groups is 2. The van der Waals surface area contributed by atoms with Gasteiger partial charge in [0.05, 0.1) is 11.1 Å². The number of carbonyl (C=O) groups excluding carboxylic acids is 2. The number of benzene rings is 4. The Balaban J connectivity index is 1.15. The van der Waals surface area contributed by atoms with Crippen LogP contribution in [-0.2, 0) is 4.74 Å². The largest absolute Gasteiger partial charge is 0.489 e. The molecule has 1 aromatic heterocycles. The van der Waals surface area contributed by atoms with Crippen molar-refractivity contribution in [2.75, 3.05) is 31.2 Å². The van der Waals surface area contributed by atoms with Crippen molar-refractivity contribution in [3.8, 4) is 5.75 Å². The molecule has 5 aromatic rings. The van der Waals surface area contributed by atoms with Crippen LogP contribution in [0.4, 0.5) is 10.5 Å². The van der Waals surface area contributed by atoms with Crippen molar-refractivity contribution in [1.82, 2.24) is 10.3 Å². The number of nitrogens with zero attached hydrogens (tertiary/aromatic N) is 2. The smallest absolute Gasteiger partial charge is 0.407 e. The van der Waals surface area contributed by atoms with Crippen LogP contribution in [0.25, 0.3) is 21.7 Å². The molecule has 1 N–H and O–H groups in total. The summed E-state index contributed by atoms with van der Waals surface area (Å²) in [4.78, 5) is 31.7. The summed E-state index contributed by atoms with van der Waals surface area (Å²) in [6.45, 7) is 0.798. The number of nitrogens with one attached hydrogen (secondary N) is 1. The van der Waals surface area contributed by atoms with Gasteiger partial charge in [-0.15, -0.1) is 0 Å². The molecule has 0 radical (unpaired) electrons. The highest BCUT2D eigenvalue weighted by atomic mass is 16.6. The predicted octanol–water partition coefficient (Wildman–Crippen LogP) is 5.84. The Kier molecular flexibility index (Phi) is 7.75. The number of rotatable bonds is 9. The van der Waals surface area contributed by atoms with Gasteiger partial charge in [0, 0.05) is 35.7 Å². The van der Waals surface area contributed by atoms with Crippen LogP contribution in [0.15, 0.2) is 109 Å². The summed E-state index contributed by atoms with van der Waals surface area (Å²) in [5.74, 6) is 0.542. The van der Waals surface area contributed by atoms with Gasteiger partial charge in [-0.1, -0.05) is 72.8 Å². The van der Waals surface area contributed by atoms with Gasteiger partial charge in [0.25, 0.3) is 5.91 Å². The molecule has 5 rings (SSSR count). The third-order valence-electron chi connectivity index (χ3n) is 6.08. The van der Waals surface area contributed by atoms with E-state index in [-0.39, 0.29) is 32.2 Å². The first-order valence-corrected chi connectivity index (χ1v) is 12.4. The normalized spacial score (nSPS) is 10.7. The third-order valence-corrected chi connectivity index (χ3v) is 6.08. The molecular weight excluding hydrogens is 478 g/mol. The molecule has 0 spiro atoms. The van der Waals surface area contributed by atoms with Crippen molar-refractivity contribution in [2.24, 2.45) is 0 Å². The topological polar surface area (TPSA) is 80.8 Å². The predicted molar refractivity (Wildman–Crippen MR) is 149 cm³/mol. The van der Waals surface area contributed by atoms with Crippen molar-refractivity contribution >= 4 is 39.4 Å². The Morgan fingerprint density at radius 1 is 0.789 bits per heavy atom. The lowest BCUT2D eigenvalue weighted by Gasteiger charge is -2.23. The summed E-state index contributed by atoms with van der Waals surface area (Å²) in [6, 6.07) is 32.6. The zero-order chi connectivity index (χ0) is 26.2. The highest BCUT2D eigenvalue weighted by molar-refractivity contribution is 6.07. The number of hydrogen-bond donors (Lipinski definition) is 1. The number of ether oxygens (including phenoxy) is 2. The zero-order valence-electron chi connectivity index (χ0n) is 20.7. The molecule has 0 saturated carbocycles. The maximum Gasteiger partial charge on any atom is 0.407 e. The Morgan fingerprint density at radius 3 is 2.39 bits per heavy atom. The second-order valence-electron chi connectivity index (χ2n) is 8.60. The van der Waals surface area contributed by atoms with Gasteiger partial charge >= 0.3 is 6.09 Å². The monoisotopic (exact) mass is 505 g/mol. The maximum absolute atomic E-state index is 13.4. The van der Waals surface area contributed by atoms with Crippen LogP contribution < -0.4 is 15.0 Å². The fourth-order valence-electron chi connectivity index (χ4n) is 4.23. The van der Waals surface area contributed by atoms with Gasteiger partial charge in [0.1, 0.15) is 19.0 Å². The van der Waals surface area contributed by atoms with E-state index >= 15 is 0 Å².